The third kappa shape index (κ3) is 2.23. The Morgan fingerprint density at radius 3 is 2.63 bits per heavy atom. The molecule has 5 heteroatoms. The van der Waals surface area contributed by atoms with E-state index in [1.807, 2.05) is 24.3 Å². The van der Waals surface area contributed by atoms with Gasteiger partial charge in [0.05, 0.1) is 10.0 Å². The molecule has 94 valence electrons. The fourth-order valence-electron chi connectivity index (χ4n) is 1.91. The van der Waals surface area contributed by atoms with Gasteiger partial charge in [0, 0.05) is 17.1 Å². The Morgan fingerprint density at radius 2 is 1.84 bits per heavy atom. The Kier molecular flexibility index (Phi) is 3.01. The zero-order valence-electron chi connectivity index (χ0n) is 9.77. The fourth-order valence-corrected chi connectivity index (χ4v) is 2.21. The van der Waals surface area contributed by atoms with Crippen molar-refractivity contribution in [2.24, 2.45) is 0 Å². The van der Waals surface area contributed by atoms with Crippen LogP contribution in [0, 0.1) is 0 Å². The Balaban J connectivity index is 2.23. The van der Waals surface area contributed by atoms with Crippen LogP contribution in [0.25, 0.3) is 22.2 Å². The summed E-state index contributed by atoms with van der Waals surface area (Å²) >= 11 is 11.9. The minimum absolute atomic E-state index is 0.421. The molecule has 0 amide bonds. The molecular formula is C14H9Cl2N3. The number of halogens is 2. The second-order valence-electron chi connectivity index (χ2n) is 4.10. The molecule has 3 aromatic rings. The molecule has 3 rings (SSSR count). The molecule has 0 saturated carbocycles. The van der Waals surface area contributed by atoms with Gasteiger partial charge in [-0.2, -0.15) is 0 Å². The molecule has 0 atom stereocenters. The van der Waals surface area contributed by atoms with Crippen LogP contribution in [0.5, 0.6) is 0 Å². The van der Waals surface area contributed by atoms with Crippen LogP contribution < -0.4 is 5.73 Å². The van der Waals surface area contributed by atoms with E-state index in [1.54, 1.807) is 18.3 Å². The van der Waals surface area contributed by atoms with Crippen LogP contribution in [-0.2, 0) is 0 Å². The summed E-state index contributed by atoms with van der Waals surface area (Å²) in [5.74, 6) is 0.421. The average Bonchev–Trinajstić information content (AvgIpc) is 2.41. The number of nitrogen functional groups attached to an aromatic ring is 1. The average molecular weight is 290 g/mol. The Hall–Kier alpha value is -1.84. The first-order chi connectivity index (χ1) is 9.15. The summed E-state index contributed by atoms with van der Waals surface area (Å²) in [5.41, 5.74) is 8.31. The molecular weight excluding hydrogens is 281 g/mol. The highest BCUT2D eigenvalue weighted by molar-refractivity contribution is 6.42. The van der Waals surface area contributed by atoms with Gasteiger partial charge in [0.15, 0.2) is 5.65 Å². The number of hydrogen-bond donors (Lipinski definition) is 1. The van der Waals surface area contributed by atoms with Gasteiger partial charge in [0.25, 0.3) is 0 Å². The largest absolute Gasteiger partial charge is 0.383 e. The van der Waals surface area contributed by atoms with E-state index in [-0.39, 0.29) is 0 Å². The minimum Gasteiger partial charge on any atom is -0.383 e. The molecule has 0 fully saturated rings. The zero-order valence-corrected chi connectivity index (χ0v) is 11.3. The number of nitrogens with zero attached hydrogens (tertiary/aromatic N) is 2. The maximum Gasteiger partial charge on any atom is 0.161 e. The normalized spacial score (nSPS) is 10.8. The van der Waals surface area contributed by atoms with Crippen molar-refractivity contribution in [3.05, 3.63) is 52.6 Å². The lowest BCUT2D eigenvalue weighted by atomic mass is 10.1. The van der Waals surface area contributed by atoms with Gasteiger partial charge in [0.1, 0.15) is 5.82 Å². The van der Waals surface area contributed by atoms with E-state index in [2.05, 4.69) is 9.97 Å². The highest BCUT2D eigenvalue weighted by Crippen LogP contribution is 2.32. The van der Waals surface area contributed by atoms with E-state index in [0.717, 1.165) is 16.5 Å². The molecule has 0 aliphatic heterocycles. The van der Waals surface area contributed by atoms with Crippen molar-refractivity contribution in [2.75, 3.05) is 5.73 Å². The summed E-state index contributed by atoms with van der Waals surface area (Å²) in [5, 5.41) is 1.93. The number of nitrogens with two attached hydrogens (primary N) is 1. The van der Waals surface area contributed by atoms with Crippen LogP contribution in [0.4, 0.5) is 5.82 Å². The van der Waals surface area contributed by atoms with E-state index >= 15 is 0 Å². The standard InChI is InChI=1S/C14H9Cl2N3/c15-11-4-3-8(7-12(11)16)10-6-9-2-1-5-18-14(9)19-13(10)17/h1-7H,(H2,17,18,19). The molecule has 2 aromatic heterocycles. The van der Waals surface area contributed by atoms with Gasteiger partial charge in [-0.05, 0) is 35.9 Å². The van der Waals surface area contributed by atoms with Crippen LogP contribution in [0.3, 0.4) is 0 Å². The first-order valence-corrected chi connectivity index (χ1v) is 6.37. The van der Waals surface area contributed by atoms with Crippen LogP contribution in [0.2, 0.25) is 10.0 Å². The molecule has 1 aromatic carbocycles. The second kappa shape index (κ2) is 4.68. The first kappa shape index (κ1) is 12.2. The SMILES string of the molecule is Nc1nc2ncccc2cc1-c1ccc(Cl)c(Cl)c1. The molecule has 0 unspecified atom stereocenters. The van der Waals surface area contributed by atoms with Crippen molar-refractivity contribution in [1.82, 2.24) is 9.97 Å². The number of rotatable bonds is 1. The van der Waals surface area contributed by atoms with Gasteiger partial charge in [-0.1, -0.05) is 29.3 Å². The maximum absolute atomic E-state index is 6.03. The van der Waals surface area contributed by atoms with E-state index in [4.69, 9.17) is 28.9 Å². The van der Waals surface area contributed by atoms with Crippen molar-refractivity contribution in [2.45, 2.75) is 0 Å². The van der Waals surface area contributed by atoms with Gasteiger partial charge in [0.2, 0.25) is 0 Å². The quantitative estimate of drug-likeness (QED) is 0.731. The van der Waals surface area contributed by atoms with E-state index in [0.29, 0.717) is 21.5 Å². The van der Waals surface area contributed by atoms with Crippen LogP contribution in [0.15, 0.2) is 42.6 Å². The molecule has 19 heavy (non-hydrogen) atoms. The Labute approximate surface area is 120 Å². The number of hydrogen-bond acceptors (Lipinski definition) is 3. The Morgan fingerprint density at radius 1 is 1.00 bits per heavy atom. The highest BCUT2D eigenvalue weighted by Gasteiger charge is 2.08. The van der Waals surface area contributed by atoms with E-state index in [9.17, 15) is 0 Å². The third-order valence-corrected chi connectivity index (χ3v) is 3.59. The molecule has 0 radical (unpaired) electrons. The van der Waals surface area contributed by atoms with Crippen LogP contribution >= 0.6 is 23.2 Å². The molecule has 2 N–H and O–H groups in total. The van der Waals surface area contributed by atoms with Crippen molar-refractivity contribution in [3.63, 3.8) is 0 Å². The minimum atomic E-state index is 0.421. The number of fused-ring (bicyclic) bond motifs is 1. The van der Waals surface area contributed by atoms with Gasteiger partial charge >= 0.3 is 0 Å². The Bertz CT molecular complexity index is 772. The monoisotopic (exact) mass is 289 g/mol. The molecule has 0 spiro atoms. The summed E-state index contributed by atoms with van der Waals surface area (Å²) in [7, 11) is 0. The van der Waals surface area contributed by atoms with E-state index < -0.39 is 0 Å². The van der Waals surface area contributed by atoms with Gasteiger partial charge < -0.3 is 5.73 Å². The number of benzene rings is 1. The third-order valence-electron chi connectivity index (χ3n) is 2.85. The van der Waals surface area contributed by atoms with Crippen molar-refractivity contribution >= 4 is 40.1 Å². The van der Waals surface area contributed by atoms with Crippen molar-refractivity contribution < 1.29 is 0 Å². The second-order valence-corrected chi connectivity index (χ2v) is 4.91. The summed E-state index contributed by atoms with van der Waals surface area (Å²) in [6, 6.07) is 11.1. The van der Waals surface area contributed by atoms with Crippen LogP contribution in [0.1, 0.15) is 0 Å². The lowest BCUT2D eigenvalue weighted by molar-refractivity contribution is 1.29. The molecule has 2 heterocycles. The lowest BCUT2D eigenvalue weighted by Gasteiger charge is -2.08. The summed E-state index contributed by atoms with van der Waals surface area (Å²) in [6.07, 6.45) is 1.69. The van der Waals surface area contributed by atoms with Crippen molar-refractivity contribution in [1.29, 1.82) is 0 Å². The molecule has 0 saturated heterocycles. The summed E-state index contributed by atoms with van der Waals surface area (Å²) < 4.78 is 0. The zero-order chi connectivity index (χ0) is 13.4. The highest BCUT2D eigenvalue weighted by atomic mass is 35.5. The lowest BCUT2D eigenvalue weighted by Crippen LogP contribution is -1.96. The maximum atomic E-state index is 6.03. The van der Waals surface area contributed by atoms with Gasteiger partial charge in [-0.15, -0.1) is 0 Å². The molecule has 0 aliphatic rings. The van der Waals surface area contributed by atoms with Crippen LogP contribution in [-0.4, -0.2) is 9.97 Å². The molecule has 3 nitrogen and oxygen atoms in total. The topological polar surface area (TPSA) is 51.8 Å². The predicted octanol–water partition coefficient (Wildman–Crippen LogP) is 4.19. The number of pyridine rings is 2. The molecule has 0 aliphatic carbocycles. The van der Waals surface area contributed by atoms with Gasteiger partial charge in [-0.25, -0.2) is 9.97 Å². The van der Waals surface area contributed by atoms with E-state index in [1.165, 1.54) is 0 Å². The number of anilines is 1. The first-order valence-electron chi connectivity index (χ1n) is 5.62. The fraction of sp³-hybridized carbons (Fsp3) is 0. The predicted molar refractivity (Wildman–Crippen MR) is 79.4 cm³/mol. The van der Waals surface area contributed by atoms with Crippen molar-refractivity contribution in [3.8, 4) is 11.1 Å². The smallest absolute Gasteiger partial charge is 0.161 e. The molecule has 0 bridgehead atoms. The summed E-state index contributed by atoms with van der Waals surface area (Å²) in [6.45, 7) is 0. The summed E-state index contributed by atoms with van der Waals surface area (Å²) in [4.78, 5) is 8.46. The van der Waals surface area contributed by atoms with Gasteiger partial charge in [-0.3, -0.25) is 0 Å². The number of aromatic nitrogens is 2.